The number of rotatable bonds is 3. The van der Waals surface area contributed by atoms with E-state index >= 15 is 0 Å². The highest BCUT2D eigenvalue weighted by Gasteiger charge is 2.26. The predicted octanol–water partition coefficient (Wildman–Crippen LogP) is 0.352. The SMILES string of the molecule is COC1CNCC1Nc1cc(C#N)ccn1. The van der Waals surface area contributed by atoms with Gasteiger partial charge in [-0.05, 0) is 12.1 Å². The number of aromatic nitrogens is 1. The van der Waals surface area contributed by atoms with E-state index in [0.717, 1.165) is 18.9 Å². The quantitative estimate of drug-likeness (QED) is 0.766. The monoisotopic (exact) mass is 218 g/mol. The van der Waals surface area contributed by atoms with Gasteiger partial charge in [-0.1, -0.05) is 0 Å². The Morgan fingerprint density at radius 2 is 2.50 bits per heavy atom. The molecule has 5 nitrogen and oxygen atoms in total. The van der Waals surface area contributed by atoms with Crippen molar-refractivity contribution in [2.45, 2.75) is 12.1 Å². The summed E-state index contributed by atoms with van der Waals surface area (Å²) in [5, 5.41) is 15.3. The topological polar surface area (TPSA) is 70.0 Å². The Bertz CT molecular complexity index is 401. The molecule has 1 aromatic rings. The van der Waals surface area contributed by atoms with Crippen molar-refractivity contribution in [3.05, 3.63) is 23.9 Å². The number of nitrogens with zero attached hydrogens (tertiary/aromatic N) is 2. The van der Waals surface area contributed by atoms with Gasteiger partial charge in [0.15, 0.2) is 0 Å². The molecule has 0 saturated carbocycles. The third-order valence-electron chi connectivity index (χ3n) is 2.68. The van der Waals surface area contributed by atoms with Crippen LogP contribution in [-0.4, -0.2) is 37.3 Å². The number of pyridine rings is 1. The standard InChI is InChI=1S/C11H14N4O/c1-16-10-7-13-6-9(10)15-11-4-8(5-12)2-3-14-11/h2-4,9-10,13H,6-7H2,1H3,(H,14,15). The minimum absolute atomic E-state index is 0.146. The van der Waals surface area contributed by atoms with E-state index < -0.39 is 0 Å². The van der Waals surface area contributed by atoms with Crippen LogP contribution in [0.2, 0.25) is 0 Å². The van der Waals surface area contributed by atoms with Crippen LogP contribution in [0.15, 0.2) is 18.3 Å². The Morgan fingerprint density at radius 1 is 1.62 bits per heavy atom. The van der Waals surface area contributed by atoms with Crippen molar-refractivity contribution in [3.8, 4) is 6.07 Å². The molecule has 84 valence electrons. The lowest BCUT2D eigenvalue weighted by Crippen LogP contribution is -2.33. The van der Waals surface area contributed by atoms with Crippen molar-refractivity contribution in [2.75, 3.05) is 25.5 Å². The van der Waals surface area contributed by atoms with E-state index in [4.69, 9.17) is 10.00 Å². The van der Waals surface area contributed by atoms with Crippen molar-refractivity contribution in [3.63, 3.8) is 0 Å². The maximum absolute atomic E-state index is 8.78. The van der Waals surface area contributed by atoms with Gasteiger partial charge in [0.25, 0.3) is 0 Å². The summed E-state index contributed by atoms with van der Waals surface area (Å²) in [5.74, 6) is 0.717. The molecular formula is C11H14N4O. The van der Waals surface area contributed by atoms with Gasteiger partial charge in [-0.3, -0.25) is 0 Å². The van der Waals surface area contributed by atoms with Crippen molar-refractivity contribution >= 4 is 5.82 Å². The van der Waals surface area contributed by atoms with E-state index in [0.29, 0.717) is 5.56 Å². The molecule has 5 heteroatoms. The zero-order valence-corrected chi connectivity index (χ0v) is 9.10. The zero-order chi connectivity index (χ0) is 11.4. The Hall–Kier alpha value is -1.64. The Labute approximate surface area is 94.4 Å². The minimum atomic E-state index is 0.146. The third-order valence-corrected chi connectivity index (χ3v) is 2.68. The molecule has 0 spiro atoms. The first-order chi connectivity index (χ1) is 7.83. The van der Waals surface area contributed by atoms with Gasteiger partial charge in [0, 0.05) is 26.4 Å². The zero-order valence-electron chi connectivity index (χ0n) is 9.10. The molecule has 0 amide bonds. The number of nitriles is 1. The van der Waals surface area contributed by atoms with Crippen LogP contribution >= 0.6 is 0 Å². The van der Waals surface area contributed by atoms with E-state index in [-0.39, 0.29) is 12.1 Å². The van der Waals surface area contributed by atoms with E-state index in [1.54, 1.807) is 25.4 Å². The first kappa shape index (κ1) is 10.9. The fraction of sp³-hybridized carbons (Fsp3) is 0.455. The summed E-state index contributed by atoms with van der Waals surface area (Å²) in [6.07, 6.45) is 1.78. The highest BCUT2D eigenvalue weighted by atomic mass is 16.5. The Kier molecular flexibility index (Phi) is 3.34. The van der Waals surface area contributed by atoms with E-state index in [9.17, 15) is 0 Å². The molecule has 1 aromatic heterocycles. The van der Waals surface area contributed by atoms with Gasteiger partial charge in [0.1, 0.15) is 5.82 Å². The summed E-state index contributed by atoms with van der Waals surface area (Å²) < 4.78 is 5.33. The molecule has 0 bridgehead atoms. The molecule has 0 aliphatic carbocycles. The van der Waals surface area contributed by atoms with Crippen LogP contribution in [0, 0.1) is 11.3 Å². The minimum Gasteiger partial charge on any atom is -0.378 e. The molecule has 1 aliphatic rings. The van der Waals surface area contributed by atoms with Crippen LogP contribution in [0.3, 0.4) is 0 Å². The number of hydrogen-bond donors (Lipinski definition) is 2. The average Bonchev–Trinajstić information content (AvgIpc) is 2.76. The lowest BCUT2D eigenvalue weighted by Gasteiger charge is -2.18. The molecule has 1 saturated heterocycles. The normalized spacial score (nSPS) is 24.0. The van der Waals surface area contributed by atoms with Crippen LogP contribution in [0.4, 0.5) is 5.82 Å². The summed E-state index contributed by atoms with van der Waals surface area (Å²) in [4.78, 5) is 4.17. The molecule has 1 aliphatic heterocycles. The molecule has 2 N–H and O–H groups in total. The lowest BCUT2D eigenvalue weighted by molar-refractivity contribution is 0.111. The van der Waals surface area contributed by atoms with Crippen LogP contribution in [0.25, 0.3) is 0 Å². The van der Waals surface area contributed by atoms with Crippen LogP contribution in [0.5, 0.6) is 0 Å². The van der Waals surface area contributed by atoms with Crippen LogP contribution < -0.4 is 10.6 Å². The number of hydrogen-bond acceptors (Lipinski definition) is 5. The van der Waals surface area contributed by atoms with Gasteiger partial charge in [0.2, 0.25) is 0 Å². The van der Waals surface area contributed by atoms with Crippen molar-refractivity contribution in [2.24, 2.45) is 0 Å². The summed E-state index contributed by atoms with van der Waals surface area (Å²) in [6.45, 7) is 1.68. The van der Waals surface area contributed by atoms with Crippen LogP contribution in [0.1, 0.15) is 5.56 Å². The van der Waals surface area contributed by atoms with Gasteiger partial charge in [-0.25, -0.2) is 4.98 Å². The molecule has 0 radical (unpaired) electrons. The molecule has 2 unspecified atom stereocenters. The Balaban J connectivity index is 2.06. The first-order valence-corrected chi connectivity index (χ1v) is 5.19. The first-order valence-electron chi connectivity index (χ1n) is 5.19. The maximum atomic E-state index is 8.78. The van der Waals surface area contributed by atoms with E-state index in [1.807, 2.05) is 0 Å². The highest BCUT2D eigenvalue weighted by Crippen LogP contribution is 2.12. The van der Waals surface area contributed by atoms with Crippen molar-refractivity contribution < 1.29 is 4.74 Å². The van der Waals surface area contributed by atoms with Gasteiger partial charge in [0.05, 0.1) is 23.8 Å². The summed E-state index contributed by atoms with van der Waals surface area (Å²) in [6, 6.07) is 5.72. The van der Waals surface area contributed by atoms with Gasteiger partial charge >= 0.3 is 0 Å². The largest absolute Gasteiger partial charge is 0.378 e. The average molecular weight is 218 g/mol. The number of methoxy groups -OCH3 is 1. The second kappa shape index (κ2) is 4.92. The van der Waals surface area contributed by atoms with Gasteiger partial charge in [-0.15, -0.1) is 0 Å². The molecule has 2 heterocycles. The smallest absolute Gasteiger partial charge is 0.127 e. The number of anilines is 1. The van der Waals surface area contributed by atoms with Crippen molar-refractivity contribution in [1.29, 1.82) is 5.26 Å². The van der Waals surface area contributed by atoms with Crippen molar-refractivity contribution in [1.82, 2.24) is 10.3 Å². The molecule has 2 atom stereocenters. The molecular weight excluding hydrogens is 204 g/mol. The number of ether oxygens (including phenoxy) is 1. The van der Waals surface area contributed by atoms with E-state index in [1.165, 1.54) is 0 Å². The maximum Gasteiger partial charge on any atom is 0.127 e. The summed E-state index contributed by atoms with van der Waals surface area (Å²) in [7, 11) is 1.70. The van der Waals surface area contributed by atoms with Gasteiger partial charge in [-0.2, -0.15) is 5.26 Å². The molecule has 0 aromatic carbocycles. The molecule has 2 rings (SSSR count). The van der Waals surface area contributed by atoms with Crippen LogP contribution in [-0.2, 0) is 4.74 Å². The third kappa shape index (κ3) is 2.30. The summed E-state index contributed by atoms with van der Waals surface area (Å²) in [5.41, 5.74) is 0.609. The van der Waals surface area contributed by atoms with E-state index in [2.05, 4.69) is 21.7 Å². The molecule has 1 fully saturated rings. The Morgan fingerprint density at radius 3 is 3.25 bits per heavy atom. The fourth-order valence-electron chi connectivity index (χ4n) is 1.82. The highest BCUT2D eigenvalue weighted by molar-refractivity contribution is 5.43. The van der Waals surface area contributed by atoms with Gasteiger partial charge < -0.3 is 15.4 Å². The predicted molar refractivity (Wildman–Crippen MR) is 60.0 cm³/mol. The summed E-state index contributed by atoms with van der Waals surface area (Å²) >= 11 is 0. The second-order valence-corrected chi connectivity index (χ2v) is 3.72. The molecule has 16 heavy (non-hydrogen) atoms. The second-order valence-electron chi connectivity index (χ2n) is 3.72. The number of nitrogens with one attached hydrogen (secondary N) is 2. The fourth-order valence-corrected chi connectivity index (χ4v) is 1.82. The lowest BCUT2D eigenvalue weighted by atomic mass is 10.2.